The summed E-state index contributed by atoms with van der Waals surface area (Å²) in [7, 11) is 0. The van der Waals surface area contributed by atoms with E-state index < -0.39 is 0 Å². The zero-order valence-corrected chi connectivity index (χ0v) is 11.5. The summed E-state index contributed by atoms with van der Waals surface area (Å²) in [6, 6.07) is 4.20. The second kappa shape index (κ2) is 4.77. The summed E-state index contributed by atoms with van der Waals surface area (Å²) in [5, 5.41) is 1.00. The highest BCUT2D eigenvalue weighted by molar-refractivity contribution is 9.13. The maximum absolute atomic E-state index is 3.56. The monoisotopic (exact) mass is 354 g/mol. The molecule has 0 nitrogen and oxygen atoms in total. The van der Waals surface area contributed by atoms with Crippen LogP contribution in [0.15, 0.2) is 21.1 Å². The lowest BCUT2D eigenvalue weighted by molar-refractivity contribution is 1.11. The van der Waals surface area contributed by atoms with Crippen molar-refractivity contribution in [2.45, 2.75) is 13.3 Å². The molecule has 0 bridgehead atoms. The van der Waals surface area contributed by atoms with Gasteiger partial charge in [0.05, 0.1) is 0 Å². The first-order chi connectivity index (χ1) is 5.66. The molecule has 0 aromatic heterocycles. The predicted octanol–water partition coefficient (Wildman–Crippen LogP) is 4.46. The van der Waals surface area contributed by atoms with E-state index in [0.29, 0.717) is 0 Å². The Bertz CT molecular complexity index is 281. The fourth-order valence-corrected chi connectivity index (χ4v) is 2.50. The molecule has 0 heterocycles. The van der Waals surface area contributed by atoms with E-state index in [0.717, 1.165) is 16.2 Å². The zero-order chi connectivity index (χ0) is 9.14. The Morgan fingerprint density at radius 3 is 2.50 bits per heavy atom. The second-order valence-corrected chi connectivity index (χ2v) is 5.04. The lowest BCUT2D eigenvalue weighted by Crippen LogP contribution is -1.92. The lowest BCUT2D eigenvalue weighted by Gasteiger charge is -2.07. The molecule has 3 heteroatoms. The van der Waals surface area contributed by atoms with E-state index in [-0.39, 0.29) is 0 Å². The summed E-state index contributed by atoms with van der Waals surface area (Å²) < 4.78 is 2.31. The molecule has 0 spiro atoms. The smallest absolute Gasteiger partial charge is 0.0352 e. The van der Waals surface area contributed by atoms with E-state index in [1.165, 1.54) is 15.6 Å². The molecule has 0 N–H and O–H groups in total. The minimum Gasteiger partial charge on any atom is -0.0924 e. The third-order valence-electron chi connectivity index (χ3n) is 1.77. The fraction of sp³-hybridized carbons (Fsp3) is 0.333. The number of hydrogen-bond donors (Lipinski definition) is 0. The van der Waals surface area contributed by atoms with Gasteiger partial charge in [-0.25, -0.2) is 0 Å². The van der Waals surface area contributed by atoms with Gasteiger partial charge in [0.25, 0.3) is 0 Å². The van der Waals surface area contributed by atoms with E-state index in [1.54, 1.807) is 0 Å². The van der Waals surface area contributed by atoms with Crippen molar-refractivity contribution in [2.24, 2.45) is 0 Å². The minimum atomic E-state index is 1.00. The van der Waals surface area contributed by atoms with Gasteiger partial charge in [-0.05, 0) is 62.4 Å². The Balaban J connectivity index is 3.14. The summed E-state index contributed by atoms with van der Waals surface area (Å²) in [5.74, 6) is 0. The van der Waals surface area contributed by atoms with Crippen LogP contribution in [-0.2, 0) is 6.42 Å². The second-order valence-electron chi connectivity index (χ2n) is 2.60. The maximum atomic E-state index is 3.56. The fourth-order valence-electron chi connectivity index (χ4n) is 1.09. The van der Waals surface area contributed by atoms with Gasteiger partial charge in [0.2, 0.25) is 0 Å². The van der Waals surface area contributed by atoms with Gasteiger partial charge >= 0.3 is 0 Å². The molecule has 1 aromatic carbocycles. The largest absolute Gasteiger partial charge is 0.0924 e. The summed E-state index contributed by atoms with van der Waals surface area (Å²) in [5.41, 5.74) is 2.71. The molecule has 0 aliphatic carbocycles. The molecule has 0 aliphatic heterocycles. The maximum Gasteiger partial charge on any atom is 0.0352 e. The first kappa shape index (κ1) is 10.7. The topological polar surface area (TPSA) is 0 Å². The molecule has 0 amide bonds. The molecule has 0 fully saturated rings. The van der Waals surface area contributed by atoms with Gasteiger partial charge in [0.15, 0.2) is 0 Å². The quantitative estimate of drug-likeness (QED) is 0.686. The average molecular weight is 357 g/mol. The number of halogens is 3. The number of alkyl halides is 1. The molecule has 0 aliphatic rings. The first-order valence-corrected chi connectivity index (χ1v) is 6.37. The van der Waals surface area contributed by atoms with E-state index in [2.05, 4.69) is 66.8 Å². The van der Waals surface area contributed by atoms with Crippen molar-refractivity contribution in [1.29, 1.82) is 0 Å². The summed E-state index contributed by atoms with van der Waals surface area (Å²) in [4.78, 5) is 0. The Morgan fingerprint density at radius 2 is 1.92 bits per heavy atom. The molecule has 0 atom stereocenters. The van der Waals surface area contributed by atoms with Gasteiger partial charge in [0.1, 0.15) is 0 Å². The van der Waals surface area contributed by atoms with Gasteiger partial charge in [0, 0.05) is 14.3 Å². The van der Waals surface area contributed by atoms with E-state index >= 15 is 0 Å². The van der Waals surface area contributed by atoms with Crippen LogP contribution in [0.5, 0.6) is 0 Å². The van der Waals surface area contributed by atoms with Gasteiger partial charge in [-0.3, -0.25) is 0 Å². The Morgan fingerprint density at radius 1 is 1.25 bits per heavy atom. The number of hydrogen-bond acceptors (Lipinski definition) is 0. The standard InChI is InChI=1S/C9H9Br3/c1-6-2-3-8(11)9(12)7(6)4-5-10/h2-3H,4-5H2,1H3. The third kappa shape index (κ3) is 2.33. The van der Waals surface area contributed by atoms with Crippen LogP contribution in [0, 0.1) is 6.92 Å². The molecule has 0 unspecified atom stereocenters. The van der Waals surface area contributed by atoms with Crippen molar-refractivity contribution in [3.63, 3.8) is 0 Å². The van der Waals surface area contributed by atoms with Crippen LogP contribution >= 0.6 is 47.8 Å². The van der Waals surface area contributed by atoms with Crippen LogP contribution in [0.3, 0.4) is 0 Å². The zero-order valence-electron chi connectivity index (χ0n) is 6.70. The molecule has 1 aromatic rings. The summed E-state index contributed by atoms with van der Waals surface area (Å²) >= 11 is 10.5. The van der Waals surface area contributed by atoms with Crippen LogP contribution in [0.1, 0.15) is 11.1 Å². The van der Waals surface area contributed by atoms with Crippen molar-refractivity contribution in [3.05, 3.63) is 32.2 Å². The van der Waals surface area contributed by atoms with Crippen LogP contribution in [0.2, 0.25) is 0 Å². The van der Waals surface area contributed by atoms with E-state index in [1.807, 2.05) is 0 Å². The molecule has 0 radical (unpaired) electrons. The third-order valence-corrected chi connectivity index (χ3v) is 4.27. The lowest BCUT2D eigenvalue weighted by atomic mass is 10.1. The molecule has 66 valence electrons. The Hall–Kier alpha value is 0.660. The Labute approximate surface area is 98.1 Å². The van der Waals surface area contributed by atoms with Crippen LogP contribution in [0.4, 0.5) is 0 Å². The highest BCUT2D eigenvalue weighted by atomic mass is 79.9. The van der Waals surface area contributed by atoms with Crippen molar-refractivity contribution in [1.82, 2.24) is 0 Å². The molecule has 0 saturated carbocycles. The molecule has 0 saturated heterocycles. The van der Waals surface area contributed by atoms with Gasteiger partial charge in [-0.2, -0.15) is 0 Å². The normalized spacial score (nSPS) is 10.3. The van der Waals surface area contributed by atoms with E-state index in [4.69, 9.17) is 0 Å². The molecular weight excluding hydrogens is 348 g/mol. The minimum absolute atomic E-state index is 1.00. The van der Waals surface area contributed by atoms with Gasteiger partial charge in [-0.1, -0.05) is 22.0 Å². The van der Waals surface area contributed by atoms with Crippen molar-refractivity contribution in [2.75, 3.05) is 5.33 Å². The highest BCUT2D eigenvalue weighted by Gasteiger charge is 2.05. The molecule has 12 heavy (non-hydrogen) atoms. The van der Waals surface area contributed by atoms with Crippen LogP contribution < -0.4 is 0 Å². The SMILES string of the molecule is Cc1ccc(Br)c(Br)c1CCBr. The van der Waals surface area contributed by atoms with Crippen molar-refractivity contribution >= 4 is 47.8 Å². The predicted molar refractivity (Wildman–Crippen MR) is 64.1 cm³/mol. The average Bonchev–Trinajstić information content (AvgIpc) is 2.06. The van der Waals surface area contributed by atoms with Gasteiger partial charge < -0.3 is 0 Å². The summed E-state index contributed by atoms with van der Waals surface area (Å²) in [6.07, 6.45) is 1.06. The first-order valence-electron chi connectivity index (χ1n) is 3.66. The summed E-state index contributed by atoms with van der Waals surface area (Å²) in [6.45, 7) is 2.13. The van der Waals surface area contributed by atoms with Crippen LogP contribution in [-0.4, -0.2) is 5.33 Å². The molecular formula is C9H9Br3. The number of rotatable bonds is 2. The number of aryl methyl sites for hydroxylation is 1. The van der Waals surface area contributed by atoms with Crippen molar-refractivity contribution in [3.8, 4) is 0 Å². The number of benzene rings is 1. The van der Waals surface area contributed by atoms with Gasteiger partial charge in [-0.15, -0.1) is 0 Å². The Kier molecular flexibility index (Phi) is 4.27. The highest BCUT2D eigenvalue weighted by Crippen LogP contribution is 2.29. The van der Waals surface area contributed by atoms with Crippen molar-refractivity contribution < 1.29 is 0 Å². The van der Waals surface area contributed by atoms with E-state index in [9.17, 15) is 0 Å². The molecule has 1 rings (SSSR count). The van der Waals surface area contributed by atoms with Crippen LogP contribution in [0.25, 0.3) is 0 Å².